The van der Waals surface area contributed by atoms with Crippen LogP contribution in [0, 0.1) is 5.92 Å². The van der Waals surface area contributed by atoms with E-state index in [0.717, 1.165) is 17.5 Å². The largest absolute Gasteiger partial charge is 0.445 e. The van der Waals surface area contributed by atoms with Crippen LogP contribution in [0.4, 0.5) is 4.79 Å². The highest BCUT2D eigenvalue weighted by Gasteiger charge is 2.29. The third kappa shape index (κ3) is 7.13. The predicted molar refractivity (Wildman–Crippen MR) is 119 cm³/mol. The Labute approximate surface area is 183 Å². The van der Waals surface area contributed by atoms with Crippen LogP contribution in [0.5, 0.6) is 0 Å². The normalized spacial score (nSPS) is 12.4. The van der Waals surface area contributed by atoms with E-state index >= 15 is 0 Å². The summed E-state index contributed by atoms with van der Waals surface area (Å²) in [5, 5.41) is 5.31. The molecular formula is C24H31N3O4. The summed E-state index contributed by atoms with van der Waals surface area (Å²) in [6.07, 6.45) is 0.107. The zero-order valence-electron chi connectivity index (χ0n) is 18.6. The van der Waals surface area contributed by atoms with Gasteiger partial charge in [-0.25, -0.2) is 4.79 Å². The predicted octanol–water partition coefficient (Wildman–Crippen LogP) is 3.35. The fourth-order valence-electron chi connectivity index (χ4n) is 3.07. The maximum atomic E-state index is 13.1. The lowest BCUT2D eigenvalue weighted by molar-refractivity contribution is -0.133. The molecule has 2 aromatic carbocycles. The first-order chi connectivity index (χ1) is 14.8. The van der Waals surface area contributed by atoms with Gasteiger partial charge in [0.25, 0.3) is 5.91 Å². The second-order valence-corrected chi connectivity index (χ2v) is 7.54. The number of benzene rings is 2. The van der Waals surface area contributed by atoms with Crippen LogP contribution in [-0.2, 0) is 22.7 Å². The molecule has 0 aliphatic carbocycles. The molecule has 0 unspecified atom stereocenters. The molecule has 0 aliphatic rings. The van der Waals surface area contributed by atoms with Crippen molar-refractivity contribution in [1.82, 2.24) is 15.5 Å². The molecule has 166 valence electrons. The van der Waals surface area contributed by atoms with Gasteiger partial charge in [0.05, 0.1) is 0 Å². The van der Waals surface area contributed by atoms with E-state index in [1.165, 1.54) is 0 Å². The van der Waals surface area contributed by atoms with Gasteiger partial charge in [-0.15, -0.1) is 0 Å². The van der Waals surface area contributed by atoms with Crippen molar-refractivity contribution < 1.29 is 19.1 Å². The van der Waals surface area contributed by atoms with Crippen molar-refractivity contribution in [2.24, 2.45) is 5.92 Å². The molecule has 2 N–H and O–H groups in total. The van der Waals surface area contributed by atoms with Gasteiger partial charge in [-0.1, -0.05) is 62.7 Å². The standard InChI is InChI=1S/C24H31N3O4/c1-5-17(2)21(26-24(30)31-16-19-9-7-6-8-10-19)23(29)27(4)15-18-11-13-20(14-12-18)22(28)25-3/h6-14,17,21H,5,15-16H2,1-4H3,(H,25,28)(H,26,30)/t17-,21-/m0/s1. The van der Waals surface area contributed by atoms with Crippen LogP contribution in [0.1, 0.15) is 41.8 Å². The summed E-state index contributed by atoms with van der Waals surface area (Å²) in [5.41, 5.74) is 2.32. The summed E-state index contributed by atoms with van der Waals surface area (Å²) in [7, 11) is 3.27. The van der Waals surface area contributed by atoms with Crippen LogP contribution in [0.15, 0.2) is 54.6 Å². The van der Waals surface area contributed by atoms with Crippen molar-refractivity contribution in [2.45, 2.75) is 39.5 Å². The molecule has 0 radical (unpaired) electrons. The average molecular weight is 426 g/mol. The molecule has 0 saturated carbocycles. The van der Waals surface area contributed by atoms with Crippen molar-refractivity contribution >= 4 is 17.9 Å². The van der Waals surface area contributed by atoms with E-state index in [4.69, 9.17) is 4.74 Å². The van der Waals surface area contributed by atoms with Crippen molar-refractivity contribution in [1.29, 1.82) is 0 Å². The maximum Gasteiger partial charge on any atom is 0.408 e. The molecule has 31 heavy (non-hydrogen) atoms. The smallest absolute Gasteiger partial charge is 0.408 e. The number of nitrogens with zero attached hydrogens (tertiary/aromatic N) is 1. The molecule has 2 atom stereocenters. The minimum Gasteiger partial charge on any atom is -0.445 e. The number of likely N-dealkylation sites (N-methyl/N-ethyl adjacent to an activating group) is 1. The number of carbonyl (C=O) groups excluding carboxylic acids is 3. The number of nitrogens with one attached hydrogen (secondary N) is 2. The second-order valence-electron chi connectivity index (χ2n) is 7.54. The topological polar surface area (TPSA) is 87.7 Å². The summed E-state index contributed by atoms with van der Waals surface area (Å²) in [5.74, 6) is -0.415. The number of carbonyl (C=O) groups is 3. The Kier molecular flexibility index (Phi) is 9.06. The maximum absolute atomic E-state index is 13.1. The van der Waals surface area contributed by atoms with E-state index in [9.17, 15) is 14.4 Å². The molecule has 0 saturated heterocycles. The Morgan fingerprint density at radius 3 is 2.23 bits per heavy atom. The Balaban J connectivity index is 1.99. The van der Waals surface area contributed by atoms with Crippen molar-refractivity contribution in [3.63, 3.8) is 0 Å². The zero-order chi connectivity index (χ0) is 22.8. The summed E-state index contributed by atoms with van der Waals surface area (Å²) in [4.78, 5) is 38.6. The lowest BCUT2D eigenvalue weighted by Crippen LogP contribution is -2.50. The van der Waals surface area contributed by atoms with Crippen molar-refractivity contribution in [3.05, 3.63) is 71.3 Å². The van der Waals surface area contributed by atoms with Crippen LogP contribution in [0.3, 0.4) is 0 Å². The fraction of sp³-hybridized carbons (Fsp3) is 0.375. The highest BCUT2D eigenvalue weighted by molar-refractivity contribution is 5.94. The Hall–Kier alpha value is -3.35. The van der Waals surface area contributed by atoms with Gasteiger partial charge < -0.3 is 20.3 Å². The number of amides is 3. The van der Waals surface area contributed by atoms with Crippen LogP contribution < -0.4 is 10.6 Å². The van der Waals surface area contributed by atoms with E-state index in [1.807, 2.05) is 56.3 Å². The molecule has 3 amide bonds. The van der Waals surface area contributed by atoms with E-state index in [0.29, 0.717) is 12.1 Å². The Bertz CT molecular complexity index is 868. The molecule has 0 bridgehead atoms. The van der Waals surface area contributed by atoms with Crippen LogP contribution in [-0.4, -0.2) is 42.9 Å². The average Bonchev–Trinajstić information content (AvgIpc) is 2.80. The number of hydrogen-bond acceptors (Lipinski definition) is 4. The number of ether oxygens (including phenoxy) is 1. The second kappa shape index (κ2) is 11.7. The molecule has 2 aromatic rings. The first-order valence-corrected chi connectivity index (χ1v) is 10.4. The highest BCUT2D eigenvalue weighted by Crippen LogP contribution is 2.14. The summed E-state index contributed by atoms with van der Waals surface area (Å²) in [6, 6.07) is 15.8. The summed E-state index contributed by atoms with van der Waals surface area (Å²) >= 11 is 0. The molecule has 7 nitrogen and oxygen atoms in total. The summed E-state index contributed by atoms with van der Waals surface area (Å²) in [6.45, 7) is 4.40. The third-order valence-electron chi connectivity index (χ3n) is 5.20. The van der Waals surface area contributed by atoms with E-state index < -0.39 is 12.1 Å². The minimum absolute atomic E-state index is 0.0603. The molecule has 7 heteroatoms. The third-order valence-corrected chi connectivity index (χ3v) is 5.20. The van der Waals surface area contributed by atoms with Crippen molar-refractivity contribution in [2.75, 3.05) is 14.1 Å². The Morgan fingerprint density at radius 1 is 1.00 bits per heavy atom. The number of alkyl carbamates (subject to hydrolysis) is 1. The summed E-state index contributed by atoms with van der Waals surface area (Å²) < 4.78 is 5.29. The lowest BCUT2D eigenvalue weighted by Gasteiger charge is -2.28. The van der Waals surface area contributed by atoms with Crippen LogP contribution in [0.25, 0.3) is 0 Å². The molecule has 0 aliphatic heterocycles. The fourth-order valence-corrected chi connectivity index (χ4v) is 3.07. The zero-order valence-corrected chi connectivity index (χ0v) is 18.6. The SMILES string of the molecule is CC[C@H](C)[C@H](NC(=O)OCc1ccccc1)C(=O)N(C)Cc1ccc(C(=O)NC)cc1. The van der Waals surface area contributed by atoms with Crippen LogP contribution in [0.2, 0.25) is 0 Å². The number of rotatable bonds is 9. The Morgan fingerprint density at radius 2 is 1.65 bits per heavy atom. The molecular weight excluding hydrogens is 394 g/mol. The van der Waals surface area contributed by atoms with Gasteiger partial charge in [-0.3, -0.25) is 9.59 Å². The molecule has 0 spiro atoms. The van der Waals surface area contributed by atoms with Gasteiger partial charge in [0.15, 0.2) is 0 Å². The van der Waals surface area contributed by atoms with Gasteiger partial charge in [0.2, 0.25) is 5.91 Å². The first-order valence-electron chi connectivity index (χ1n) is 10.4. The molecule has 2 rings (SSSR count). The minimum atomic E-state index is -0.691. The first kappa shape index (κ1) is 23.9. The van der Waals surface area contributed by atoms with Gasteiger partial charge in [-0.05, 0) is 29.2 Å². The monoisotopic (exact) mass is 425 g/mol. The van der Waals surface area contributed by atoms with Crippen molar-refractivity contribution in [3.8, 4) is 0 Å². The van der Waals surface area contributed by atoms with Gasteiger partial charge in [0, 0.05) is 26.2 Å². The highest BCUT2D eigenvalue weighted by atomic mass is 16.5. The molecule has 0 fully saturated rings. The van der Waals surface area contributed by atoms with E-state index in [2.05, 4.69) is 10.6 Å². The quantitative estimate of drug-likeness (QED) is 0.645. The lowest BCUT2D eigenvalue weighted by atomic mass is 9.98. The van der Waals surface area contributed by atoms with Gasteiger partial charge >= 0.3 is 6.09 Å². The van der Waals surface area contributed by atoms with Gasteiger partial charge in [0.1, 0.15) is 12.6 Å². The van der Waals surface area contributed by atoms with E-state index in [1.54, 1.807) is 31.1 Å². The number of hydrogen-bond donors (Lipinski definition) is 2. The van der Waals surface area contributed by atoms with E-state index in [-0.39, 0.29) is 24.3 Å². The van der Waals surface area contributed by atoms with Gasteiger partial charge in [-0.2, -0.15) is 0 Å². The van der Waals surface area contributed by atoms with Crippen LogP contribution >= 0.6 is 0 Å². The molecule has 0 aromatic heterocycles. The molecule has 0 heterocycles.